The van der Waals surface area contributed by atoms with Gasteiger partial charge in [0.15, 0.2) is 11.5 Å². The van der Waals surface area contributed by atoms with E-state index in [4.69, 9.17) is 0 Å². The standard InChI is InChI=1S/C14H16FN3O2/c15-12-5-3-6-17-9-10(16-13(12)17)8-11-4-1-2-7-18(11)14(19)20/h3,5-6,9,11H,1-2,4,7-8H2,(H,19,20)/t11-/m0/s1. The molecule has 0 aromatic carbocycles. The third-order valence-corrected chi connectivity index (χ3v) is 3.80. The predicted octanol–water partition coefficient (Wildman–Crippen LogP) is 2.55. The van der Waals surface area contributed by atoms with Crippen molar-refractivity contribution in [2.24, 2.45) is 0 Å². The molecule has 106 valence electrons. The van der Waals surface area contributed by atoms with E-state index < -0.39 is 6.09 Å². The van der Waals surface area contributed by atoms with Gasteiger partial charge in [-0.05, 0) is 31.4 Å². The minimum absolute atomic E-state index is 0.0609. The molecule has 1 fully saturated rings. The van der Waals surface area contributed by atoms with Crippen molar-refractivity contribution < 1.29 is 14.3 Å². The fourth-order valence-corrected chi connectivity index (χ4v) is 2.83. The number of likely N-dealkylation sites (tertiary alicyclic amines) is 1. The number of carbonyl (C=O) groups is 1. The maximum atomic E-state index is 13.6. The molecule has 20 heavy (non-hydrogen) atoms. The Morgan fingerprint density at radius 1 is 1.50 bits per heavy atom. The van der Waals surface area contributed by atoms with E-state index in [1.54, 1.807) is 22.9 Å². The zero-order chi connectivity index (χ0) is 14.1. The van der Waals surface area contributed by atoms with E-state index in [1.807, 2.05) is 0 Å². The molecule has 0 saturated carbocycles. The summed E-state index contributed by atoms with van der Waals surface area (Å²) in [5.74, 6) is -0.363. The Morgan fingerprint density at radius 2 is 2.35 bits per heavy atom. The van der Waals surface area contributed by atoms with Gasteiger partial charge in [-0.3, -0.25) is 0 Å². The Bertz CT molecular complexity index is 640. The van der Waals surface area contributed by atoms with Crippen LogP contribution in [0.15, 0.2) is 24.5 Å². The molecule has 1 saturated heterocycles. The molecule has 0 spiro atoms. The first-order valence-corrected chi connectivity index (χ1v) is 6.77. The van der Waals surface area contributed by atoms with Gasteiger partial charge in [0.25, 0.3) is 0 Å². The van der Waals surface area contributed by atoms with Crippen molar-refractivity contribution in [3.8, 4) is 0 Å². The second-order valence-electron chi connectivity index (χ2n) is 5.15. The van der Waals surface area contributed by atoms with Crippen LogP contribution in [0.3, 0.4) is 0 Å². The van der Waals surface area contributed by atoms with Crippen LogP contribution in [0.25, 0.3) is 5.65 Å². The van der Waals surface area contributed by atoms with Gasteiger partial charge in [-0.25, -0.2) is 14.2 Å². The lowest BCUT2D eigenvalue weighted by Crippen LogP contribution is -2.44. The summed E-state index contributed by atoms with van der Waals surface area (Å²) in [6, 6.07) is 2.93. The van der Waals surface area contributed by atoms with E-state index in [2.05, 4.69) is 4.98 Å². The Labute approximate surface area is 115 Å². The van der Waals surface area contributed by atoms with Crippen LogP contribution in [0.5, 0.6) is 0 Å². The zero-order valence-electron chi connectivity index (χ0n) is 11.0. The number of carboxylic acid groups (broad SMARTS) is 1. The van der Waals surface area contributed by atoms with Gasteiger partial charge < -0.3 is 14.4 Å². The Morgan fingerprint density at radius 3 is 3.10 bits per heavy atom. The van der Waals surface area contributed by atoms with E-state index in [0.29, 0.717) is 18.6 Å². The average Bonchev–Trinajstić information content (AvgIpc) is 2.83. The topological polar surface area (TPSA) is 57.8 Å². The third kappa shape index (κ3) is 2.33. The van der Waals surface area contributed by atoms with Gasteiger partial charge in [-0.1, -0.05) is 0 Å². The minimum atomic E-state index is -0.885. The summed E-state index contributed by atoms with van der Waals surface area (Å²) in [4.78, 5) is 17.0. The van der Waals surface area contributed by atoms with Crippen LogP contribution in [-0.4, -0.2) is 38.1 Å². The maximum Gasteiger partial charge on any atom is 0.407 e. The largest absolute Gasteiger partial charge is 0.465 e. The van der Waals surface area contributed by atoms with Gasteiger partial charge in [0, 0.05) is 31.4 Å². The number of imidazole rings is 1. The van der Waals surface area contributed by atoms with Crippen LogP contribution in [0.4, 0.5) is 9.18 Å². The number of fused-ring (bicyclic) bond motifs is 1. The van der Waals surface area contributed by atoms with E-state index in [0.717, 1.165) is 25.0 Å². The van der Waals surface area contributed by atoms with Gasteiger partial charge in [0.1, 0.15) is 0 Å². The molecule has 0 unspecified atom stereocenters. The fraction of sp³-hybridized carbons (Fsp3) is 0.429. The zero-order valence-corrected chi connectivity index (χ0v) is 11.0. The summed E-state index contributed by atoms with van der Waals surface area (Å²) >= 11 is 0. The number of hydrogen-bond acceptors (Lipinski definition) is 2. The number of nitrogens with zero attached hydrogens (tertiary/aromatic N) is 3. The molecule has 0 bridgehead atoms. The van der Waals surface area contributed by atoms with Crippen molar-refractivity contribution in [3.63, 3.8) is 0 Å². The molecule has 2 aromatic rings. The first-order valence-electron chi connectivity index (χ1n) is 6.77. The van der Waals surface area contributed by atoms with Crippen LogP contribution in [-0.2, 0) is 6.42 Å². The minimum Gasteiger partial charge on any atom is -0.465 e. The lowest BCUT2D eigenvalue weighted by molar-refractivity contribution is 0.106. The molecule has 1 aliphatic rings. The molecule has 2 aromatic heterocycles. The van der Waals surface area contributed by atoms with Gasteiger partial charge in [-0.15, -0.1) is 0 Å². The number of hydrogen-bond donors (Lipinski definition) is 1. The smallest absolute Gasteiger partial charge is 0.407 e. The van der Waals surface area contributed by atoms with Crippen LogP contribution < -0.4 is 0 Å². The van der Waals surface area contributed by atoms with Crippen molar-refractivity contribution in [1.82, 2.24) is 14.3 Å². The molecule has 1 aliphatic heterocycles. The molecular formula is C14H16FN3O2. The van der Waals surface area contributed by atoms with E-state index in [-0.39, 0.29) is 11.9 Å². The van der Waals surface area contributed by atoms with E-state index >= 15 is 0 Å². The van der Waals surface area contributed by atoms with Gasteiger partial charge in [0.2, 0.25) is 0 Å². The van der Waals surface area contributed by atoms with Crippen molar-refractivity contribution in [2.75, 3.05) is 6.54 Å². The quantitative estimate of drug-likeness (QED) is 0.917. The fourth-order valence-electron chi connectivity index (χ4n) is 2.83. The summed E-state index contributed by atoms with van der Waals surface area (Å²) in [6.07, 6.45) is 5.93. The number of pyridine rings is 1. The number of halogens is 1. The summed E-state index contributed by atoms with van der Waals surface area (Å²) in [7, 11) is 0. The lowest BCUT2D eigenvalue weighted by atomic mass is 9.99. The first kappa shape index (κ1) is 12.9. The Kier molecular flexibility index (Phi) is 3.30. The Balaban J connectivity index is 1.84. The van der Waals surface area contributed by atoms with Crippen molar-refractivity contribution in [2.45, 2.75) is 31.7 Å². The van der Waals surface area contributed by atoms with E-state index in [1.165, 1.54) is 11.0 Å². The second-order valence-corrected chi connectivity index (χ2v) is 5.15. The highest BCUT2D eigenvalue weighted by Gasteiger charge is 2.27. The van der Waals surface area contributed by atoms with Gasteiger partial charge in [-0.2, -0.15) is 0 Å². The van der Waals surface area contributed by atoms with Crippen LogP contribution >= 0.6 is 0 Å². The number of rotatable bonds is 2. The van der Waals surface area contributed by atoms with Crippen molar-refractivity contribution in [1.29, 1.82) is 0 Å². The summed E-state index contributed by atoms with van der Waals surface area (Å²) < 4.78 is 15.2. The maximum absolute atomic E-state index is 13.6. The molecule has 1 N–H and O–H groups in total. The van der Waals surface area contributed by atoms with Gasteiger partial charge >= 0.3 is 6.09 Å². The van der Waals surface area contributed by atoms with Crippen LogP contribution in [0.2, 0.25) is 0 Å². The molecule has 0 radical (unpaired) electrons. The molecule has 6 heteroatoms. The number of piperidine rings is 1. The molecule has 0 aliphatic carbocycles. The van der Waals surface area contributed by atoms with Crippen molar-refractivity contribution >= 4 is 11.7 Å². The molecular weight excluding hydrogens is 261 g/mol. The number of aromatic nitrogens is 2. The SMILES string of the molecule is O=C(O)N1CCCC[C@H]1Cc1cn2cccc(F)c2n1. The average molecular weight is 277 g/mol. The lowest BCUT2D eigenvalue weighted by Gasteiger charge is -2.33. The van der Waals surface area contributed by atoms with Crippen LogP contribution in [0, 0.1) is 5.82 Å². The predicted molar refractivity (Wildman–Crippen MR) is 71.2 cm³/mol. The molecule has 5 nitrogen and oxygen atoms in total. The van der Waals surface area contributed by atoms with Crippen LogP contribution in [0.1, 0.15) is 25.0 Å². The number of amides is 1. The normalized spacial score (nSPS) is 19.4. The highest BCUT2D eigenvalue weighted by Crippen LogP contribution is 2.21. The first-order chi connectivity index (χ1) is 9.65. The summed E-state index contributed by atoms with van der Waals surface area (Å²) in [6.45, 7) is 0.571. The summed E-state index contributed by atoms with van der Waals surface area (Å²) in [5, 5.41) is 9.21. The molecule has 3 heterocycles. The van der Waals surface area contributed by atoms with Gasteiger partial charge in [0.05, 0.1) is 5.69 Å². The van der Waals surface area contributed by atoms with E-state index in [9.17, 15) is 14.3 Å². The molecule has 1 amide bonds. The monoisotopic (exact) mass is 277 g/mol. The summed E-state index contributed by atoms with van der Waals surface area (Å²) in [5.41, 5.74) is 1.02. The Hall–Kier alpha value is -2.11. The third-order valence-electron chi connectivity index (χ3n) is 3.80. The molecule has 1 atom stereocenters. The molecule has 3 rings (SSSR count). The second kappa shape index (κ2) is 5.11. The highest BCUT2D eigenvalue weighted by molar-refractivity contribution is 5.65. The van der Waals surface area contributed by atoms with Crippen molar-refractivity contribution in [3.05, 3.63) is 36.0 Å². The highest BCUT2D eigenvalue weighted by atomic mass is 19.1.